The van der Waals surface area contributed by atoms with Crippen molar-refractivity contribution in [1.82, 2.24) is 9.29 Å². The number of ketones is 1. The number of nitrogens with zero attached hydrogens (tertiary/aromatic N) is 2. The Labute approximate surface area is 192 Å². The third kappa shape index (κ3) is 5.10. The van der Waals surface area contributed by atoms with E-state index in [1.165, 1.54) is 49.0 Å². The molecule has 4 rings (SSSR count). The lowest BCUT2D eigenvalue weighted by Gasteiger charge is -2.30. The molecule has 172 valence electrons. The van der Waals surface area contributed by atoms with Gasteiger partial charge in [0.1, 0.15) is 6.61 Å². The monoisotopic (exact) mass is 476 g/mol. The second kappa shape index (κ2) is 9.80. The normalized spacial score (nSPS) is 18.7. The fourth-order valence-corrected chi connectivity index (χ4v) is 6.86. The summed E-state index contributed by atoms with van der Waals surface area (Å²) in [6, 6.07) is 6.08. The van der Waals surface area contributed by atoms with E-state index in [0.29, 0.717) is 24.3 Å². The zero-order valence-corrected chi connectivity index (χ0v) is 19.8. The van der Waals surface area contributed by atoms with Gasteiger partial charge >= 0.3 is 5.97 Å². The van der Waals surface area contributed by atoms with Crippen molar-refractivity contribution in [3.05, 3.63) is 45.9 Å². The van der Waals surface area contributed by atoms with E-state index in [1.54, 1.807) is 23.5 Å². The van der Waals surface area contributed by atoms with Crippen molar-refractivity contribution in [1.29, 1.82) is 0 Å². The summed E-state index contributed by atoms with van der Waals surface area (Å²) in [5.41, 5.74) is 1.15. The number of piperidine rings is 1. The number of carbonyl (C=O) groups is 2. The molecule has 1 aromatic carbocycles. The maximum Gasteiger partial charge on any atom is 0.309 e. The van der Waals surface area contributed by atoms with Gasteiger partial charge in [-0.1, -0.05) is 25.0 Å². The standard InChI is InChI=1S/C23H28N2O5S2/c1-16(26)19-7-4-8-21(13-19)32(28,29)25-11-9-18(10-12-25)23(27)30-14-20-15-31-22(24-20)17-5-2-3-6-17/h4,7-8,13,15,17-18H,2-3,5-6,9-12,14H2,1H3. The number of hydrogen-bond donors (Lipinski definition) is 0. The van der Waals surface area contributed by atoms with Crippen LogP contribution >= 0.6 is 11.3 Å². The summed E-state index contributed by atoms with van der Waals surface area (Å²) < 4.78 is 32.8. The van der Waals surface area contributed by atoms with Crippen LogP contribution in [0.1, 0.15) is 72.4 Å². The first-order valence-electron chi connectivity index (χ1n) is 11.1. The third-order valence-corrected chi connectivity index (χ3v) is 9.25. The second-order valence-electron chi connectivity index (χ2n) is 8.53. The van der Waals surface area contributed by atoms with Gasteiger partial charge in [-0.25, -0.2) is 13.4 Å². The maximum absolute atomic E-state index is 13.0. The first-order chi connectivity index (χ1) is 15.3. The largest absolute Gasteiger partial charge is 0.459 e. The number of rotatable bonds is 7. The smallest absolute Gasteiger partial charge is 0.309 e. The molecule has 2 fully saturated rings. The lowest BCUT2D eigenvalue weighted by molar-refractivity contribution is -0.151. The predicted molar refractivity (Wildman–Crippen MR) is 121 cm³/mol. The lowest BCUT2D eigenvalue weighted by Crippen LogP contribution is -2.40. The Morgan fingerprint density at radius 1 is 1.16 bits per heavy atom. The molecule has 1 saturated heterocycles. The molecule has 2 heterocycles. The zero-order valence-electron chi connectivity index (χ0n) is 18.2. The van der Waals surface area contributed by atoms with E-state index >= 15 is 0 Å². The number of Topliss-reactive ketones (excluding diaryl/α,β-unsaturated/α-hetero) is 1. The van der Waals surface area contributed by atoms with Crippen LogP contribution in [0.4, 0.5) is 0 Å². The number of sulfonamides is 1. The average molecular weight is 477 g/mol. The highest BCUT2D eigenvalue weighted by molar-refractivity contribution is 7.89. The van der Waals surface area contributed by atoms with E-state index in [-0.39, 0.29) is 42.3 Å². The van der Waals surface area contributed by atoms with Crippen molar-refractivity contribution in [2.75, 3.05) is 13.1 Å². The van der Waals surface area contributed by atoms with Gasteiger partial charge in [0, 0.05) is 30.0 Å². The number of carbonyl (C=O) groups excluding carboxylic acids is 2. The number of hydrogen-bond acceptors (Lipinski definition) is 7. The Hall–Kier alpha value is -2.10. The topological polar surface area (TPSA) is 93.6 Å². The van der Waals surface area contributed by atoms with Gasteiger partial charge in [-0.2, -0.15) is 4.31 Å². The zero-order chi connectivity index (χ0) is 22.7. The summed E-state index contributed by atoms with van der Waals surface area (Å²) in [5, 5.41) is 3.10. The van der Waals surface area contributed by atoms with Gasteiger partial charge in [0.15, 0.2) is 5.78 Å². The van der Waals surface area contributed by atoms with Gasteiger partial charge in [-0.3, -0.25) is 9.59 Å². The van der Waals surface area contributed by atoms with Crippen molar-refractivity contribution in [2.45, 2.75) is 62.9 Å². The molecule has 7 nitrogen and oxygen atoms in total. The van der Waals surface area contributed by atoms with Gasteiger partial charge in [0.25, 0.3) is 0 Å². The molecule has 1 aliphatic heterocycles. The van der Waals surface area contributed by atoms with E-state index < -0.39 is 10.0 Å². The number of esters is 1. The van der Waals surface area contributed by atoms with Gasteiger partial charge in [-0.05, 0) is 44.7 Å². The molecular weight excluding hydrogens is 448 g/mol. The van der Waals surface area contributed by atoms with Crippen molar-refractivity contribution in [3.8, 4) is 0 Å². The summed E-state index contributed by atoms with van der Waals surface area (Å²) in [6.45, 7) is 2.06. The van der Waals surface area contributed by atoms with Gasteiger partial charge < -0.3 is 4.74 Å². The number of aromatic nitrogens is 1. The number of ether oxygens (including phenoxy) is 1. The summed E-state index contributed by atoms with van der Waals surface area (Å²) in [4.78, 5) is 28.9. The predicted octanol–water partition coefficient (Wildman–Crippen LogP) is 4.15. The minimum atomic E-state index is -3.71. The summed E-state index contributed by atoms with van der Waals surface area (Å²) in [7, 11) is -3.71. The van der Waals surface area contributed by atoms with Crippen LogP contribution in [0.5, 0.6) is 0 Å². The van der Waals surface area contributed by atoms with Gasteiger partial charge in [0.05, 0.1) is 21.5 Å². The molecule has 32 heavy (non-hydrogen) atoms. The molecule has 2 aliphatic rings. The maximum atomic E-state index is 13.0. The minimum absolute atomic E-state index is 0.104. The molecule has 9 heteroatoms. The SMILES string of the molecule is CC(=O)c1cccc(S(=O)(=O)N2CCC(C(=O)OCc3csc(C4CCCC4)n3)CC2)c1. The molecule has 1 aromatic heterocycles. The Morgan fingerprint density at radius 3 is 2.56 bits per heavy atom. The molecule has 0 bridgehead atoms. The van der Waals surface area contributed by atoms with Crippen LogP contribution in [0.25, 0.3) is 0 Å². The van der Waals surface area contributed by atoms with Crippen molar-refractivity contribution < 1.29 is 22.7 Å². The molecule has 0 atom stereocenters. The summed E-state index contributed by atoms with van der Waals surface area (Å²) in [6.07, 6.45) is 5.71. The van der Waals surface area contributed by atoms with E-state index in [0.717, 1.165) is 10.7 Å². The molecule has 2 aromatic rings. The van der Waals surface area contributed by atoms with Crippen molar-refractivity contribution in [3.63, 3.8) is 0 Å². The van der Waals surface area contributed by atoms with Crippen LogP contribution in [0.2, 0.25) is 0 Å². The Kier molecular flexibility index (Phi) is 7.07. The Morgan fingerprint density at radius 2 is 1.88 bits per heavy atom. The van der Waals surface area contributed by atoms with E-state index in [4.69, 9.17) is 4.74 Å². The van der Waals surface area contributed by atoms with Crippen LogP contribution in [0.3, 0.4) is 0 Å². The first kappa shape index (κ1) is 23.1. The minimum Gasteiger partial charge on any atom is -0.459 e. The quantitative estimate of drug-likeness (QED) is 0.440. The lowest BCUT2D eigenvalue weighted by atomic mass is 9.98. The summed E-state index contributed by atoms with van der Waals surface area (Å²) >= 11 is 1.64. The van der Waals surface area contributed by atoms with Crippen LogP contribution in [0.15, 0.2) is 34.5 Å². The van der Waals surface area contributed by atoms with Crippen LogP contribution in [-0.2, 0) is 26.2 Å². The molecule has 0 radical (unpaired) electrons. The van der Waals surface area contributed by atoms with E-state index in [9.17, 15) is 18.0 Å². The highest BCUT2D eigenvalue weighted by Gasteiger charge is 2.33. The highest BCUT2D eigenvalue weighted by atomic mass is 32.2. The Bertz CT molecular complexity index is 1080. The van der Waals surface area contributed by atoms with Crippen LogP contribution < -0.4 is 0 Å². The first-order valence-corrected chi connectivity index (χ1v) is 13.4. The van der Waals surface area contributed by atoms with Crippen molar-refractivity contribution in [2.24, 2.45) is 5.92 Å². The van der Waals surface area contributed by atoms with E-state index in [2.05, 4.69) is 4.98 Å². The van der Waals surface area contributed by atoms with Crippen molar-refractivity contribution >= 4 is 33.1 Å². The van der Waals surface area contributed by atoms with Crippen LogP contribution in [-0.4, -0.2) is 42.5 Å². The molecule has 1 saturated carbocycles. The van der Waals surface area contributed by atoms with Gasteiger partial charge in [0.2, 0.25) is 10.0 Å². The molecule has 0 spiro atoms. The summed E-state index contributed by atoms with van der Waals surface area (Å²) in [5.74, 6) is -0.250. The third-order valence-electron chi connectivity index (χ3n) is 6.30. The molecule has 0 amide bonds. The Balaban J connectivity index is 1.30. The second-order valence-corrected chi connectivity index (χ2v) is 11.4. The van der Waals surface area contributed by atoms with E-state index in [1.807, 2.05) is 5.38 Å². The average Bonchev–Trinajstić information content (AvgIpc) is 3.49. The fourth-order valence-electron chi connectivity index (χ4n) is 4.37. The van der Waals surface area contributed by atoms with Gasteiger partial charge in [-0.15, -0.1) is 11.3 Å². The van der Waals surface area contributed by atoms with Crippen LogP contribution in [0, 0.1) is 5.92 Å². The molecule has 0 unspecified atom stereocenters. The molecule has 0 N–H and O–H groups in total. The number of benzene rings is 1. The number of thiazole rings is 1. The molecule has 1 aliphatic carbocycles. The molecular formula is C23H28N2O5S2. The fraction of sp³-hybridized carbons (Fsp3) is 0.522. The highest BCUT2D eigenvalue weighted by Crippen LogP contribution is 2.35.